The van der Waals surface area contributed by atoms with E-state index in [9.17, 15) is 22.4 Å². The van der Waals surface area contributed by atoms with Crippen LogP contribution in [-0.4, -0.2) is 43.3 Å². The SMILES string of the molecule is C[C@H](C(=O)NC(C)(C)C)N(Cc1cccc(Cl)c1)C(=O)CN(c1ccc(F)c(Cl)c1)S(=O)(=O)c1ccccc1. The molecule has 0 saturated heterocycles. The first kappa shape index (κ1) is 30.4. The second-order valence-electron chi connectivity index (χ2n) is 9.99. The summed E-state index contributed by atoms with van der Waals surface area (Å²) in [5.74, 6) is -1.81. The highest BCUT2D eigenvalue weighted by atomic mass is 35.5. The molecule has 0 aromatic heterocycles. The fraction of sp³-hybridized carbons (Fsp3) is 0.286. The summed E-state index contributed by atoms with van der Waals surface area (Å²) < 4.78 is 42.2. The van der Waals surface area contributed by atoms with Crippen LogP contribution >= 0.6 is 23.2 Å². The number of halogens is 3. The largest absolute Gasteiger partial charge is 0.350 e. The standard InChI is InChI=1S/C28H30Cl2FN3O4S/c1-19(27(36)32-28(2,3)4)33(17-20-9-8-10-21(29)15-20)26(35)18-34(22-13-14-25(31)24(30)16-22)39(37,38)23-11-6-5-7-12-23/h5-16,19H,17-18H2,1-4H3,(H,32,36)/t19-/m1/s1. The first-order valence-electron chi connectivity index (χ1n) is 12.1. The van der Waals surface area contributed by atoms with E-state index in [-0.39, 0.29) is 22.2 Å². The van der Waals surface area contributed by atoms with E-state index in [0.717, 1.165) is 16.4 Å². The number of rotatable bonds is 9. The van der Waals surface area contributed by atoms with Crippen molar-refractivity contribution in [2.24, 2.45) is 0 Å². The van der Waals surface area contributed by atoms with Crippen LogP contribution < -0.4 is 9.62 Å². The highest BCUT2D eigenvalue weighted by Crippen LogP contribution is 2.28. The van der Waals surface area contributed by atoms with E-state index in [2.05, 4.69) is 5.32 Å². The third kappa shape index (κ3) is 7.94. The van der Waals surface area contributed by atoms with Crippen LogP contribution in [0.25, 0.3) is 0 Å². The molecule has 0 aliphatic rings. The number of nitrogens with zero attached hydrogens (tertiary/aromatic N) is 2. The van der Waals surface area contributed by atoms with E-state index < -0.39 is 45.8 Å². The molecule has 208 valence electrons. The second-order valence-corrected chi connectivity index (χ2v) is 12.7. The zero-order chi connectivity index (χ0) is 29.0. The average molecular weight is 595 g/mol. The van der Waals surface area contributed by atoms with Crippen molar-refractivity contribution in [2.45, 2.75) is 50.7 Å². The van der Waals surface area contributed by atoms with Crippen LogP contribution in [0.5, 0.6) is 0 Å². The van der Waals surface area contributed by atoms with Gasteiger partial charge in [-0.15, -0.1) is 0 Å². The van der Waals surface area contributed by atoms with E-state index in [0.29, 0.717) is 10.6 Å². The van der Waals surface area contributed by atoms with Crippen molar-refractivity contribution in [3.05, 3.63) is 94.2 Å². The molecule has 0 saturated carbocycles. The molecule has 3 aromatic rings. The number of carbonyl (C=O) groups excluding carboxylic acids is 2. The molecule has 0 radical (unpaired) electrons. The summed E-state index contributed by atoms with van der Waals surface area (Å²) in [6, 6.07) is 16.8. The van der Waals surface area contributed by atoms with Gasteiger partial charge in [0.2, 0.25) is 11.8 Å². The number of carbonyl (C=O) groups is 2. The van der Waals surface area contributed by atoms with E-state index in [1.165, 1.54) is 23.1 Å². The molecule has 7 nitrogen and oxygen atoms in total. The third-order valence-corrected chi connectivity index (χ3v) is 8.02. The first-order chi connectivity index (χ1) is 18.2. The van der Waals surface area contributed by atoms with Gasteiger partial charge in [0.1, 0.15) is 18.4 Å². The van der Waals surface area contributed by atoms with Crippen molar-refractivity contribution in [3.8, 4) is 0 Å². The second kappa shape index (κ2) is 12.4. The quantitative estimate of drug-likeness (QED) is 0.347. The molecule has 0 fully saturated rings. The molecule has 0 heterocycles. The predicted molar refractivity (Wildman–Crippen MR) is 152 cm³/mol. The fourth-order valence-corrected chi connectivity index (χ4v) is 5.59. The van der Waals surface area contributed by atoms with Gasteiger partial charge in [-0.2, -0.15) is 0 Å². The minimum Gasteiger partial charge on any atom is -0.350 e. The summed E-state index contributed by atoms with van der Waals surface area (Å²) >= 11 is 12.1. The summed E-state index contributed by atoms with van der Waals surface area (Å²) in [5, 5.41) is 3.00. The maximum Gasteiger partial charge on any atom is 0.264 e. The number of benzene rings is 3. The van der Waals surface area contributed by atoms with Crippen LogP contribution in [0.2, 0.25) is 10.0 Å². The van der Waals surface area contributed by atoms with E-state index >= 15 is 0 Å². The number of anilines is 1. The number of sulfonamides is 1. The Hall–Kier alpha value is -3.14. The van der Waals surface area contributed by atoms with Crippen LogP contribution in [-0.2, 0) is 26.2 Å². The molecule has 3 rings (SSSR count). The Morgan fingerprint density at radius 2 is 1.64 bits per heavy atom. The Labute approximate surface area is 238 Å². The smallest absolute Gasteiger partial charge is 0.264 e. The lowest BCUT2D eigenvalue weighted by Gasteiger charge is -2.33. The molecule has 0 aliphatic heterocycles. The Morgan fingerprint density at radius 1 is 0.974 bits per heavy atom. The Kier molecular flexibility index (Phi) is 9.64. The summed E-state index contributed by atoms with van der Waals surface area (Å²) in [6.07, 6.45) is 0. The van der Waals surface area contributed by atoms with Gasteiger partial charge < -0.3 is 10.2 Å². The molecule has 11 heteroatoms. The molecule has 0 spiro atoms. The van der Waals surface area contributed by atoms with Crippen LogP contribution in [0.4, 0.5) is 10.1 Å². The van der Waals surface area contributed by atoms with Gasteiger partial charge in [0.05, 0.1) is 15.6 Å². The molecule has 0 aliphatic carbocycles. The lowest BCUT2D eigenvalue weighted by atomic mass is 10.1. The summed E-state index contributed by atoms with van der Waals surface area (Å²) in [4.78, 5) is 28.2. The average Bonchev–Trinajstić information content (AvgIpc) is 2.86. The van der Waals surface area contributed by atoms with Gasteiger partial charge >= 0.3 is 0 Å². The maximum absolute atomic E-state index is 13.9. The van der Waals surface area contributed by atoms with E-state index in [1.54, 1.807) is 49.4 Å². The Balaban J connectivity index is 2.05. The first-order valence-corrected chi connectivity index (χ1v) is 14.3. The van der Waals surface area contributed by atoms with Crippen LogP contribution in [0.3, 0.4) is 0 Å². The summed E-state index contributed by atoms with van der Waals surface area (Å²) in [5.41, 5.74) is 0.0746. The Morgan fingerprint density at radius 3 is 2.23 bits per heavy atom. The van der Waals surface area contributed by atoms with Gasteiger partial charge in [-0.3, -0.25) is 13.9 Å². The summed E-state index contributed by atoms with van der Waals surface area (Å²) in [7, 11) is -4.28. The molecule has 0 bridgehead atoms. The molecule has 1 N–H and O–H groups in total. The molecule has 3 aromatic carbocycles. The van der Waals surface area contributed by atoms with E-state index in [4.69, 9.17) is 23.2 Å². The topological polar surface area (TPSA) is 86.8 Å². The molecule has 2 amide bonds. The Bertz CT molecular complexity index is 1450. The highest BCUT2D eigenvalue weighted by Gasteiger charge is 2.33. The minimum atomic E-state index is -4.28. The minimum absolute atomic E-state index is 0.00638. The molecular weight excluding hydrogens is 564 g/mol. The molecule has 39 heavy (non-hydrogen) atoms. The van der Waals surface area contributed by atoms with Gasteiger partial charge in [0.15, 0.2) is 0 Å². The molecule has 0 unspecified atom stereocenters. The van der Waals surface area contributed by atoms with Crippen molar-refractivity contribution in [1.29, 1.82) is 0 Å². The van der Waals surface area contributed by atoms with E-state index in [1.807, 2.05) is 20.8 Å². The predicted octanol–water partition coefficient (Wildman–Crippen LogP) is 5.66. The zero-order valence-corrected chi connectivity index (χ0v) is 24.3. The fourth-order valence-electron chi connectivity index (χ4n) is 3.78. The number of amides is 2. The number of hydrogen-bond donors (Lipinski definition) is 1. The van der Waals surface area contributed by atoms with Gasteiger partial charge in [0, 0.05) is 17.1 Å². The lowest BCUT2D eigenvalue weighted by Crippen LogP contribution is -2.54. The maximum atomic E-state index is 13.9. The number of nitrogens with one attached hydrogen (secondary N) is 1. The van der Waals surface area contributed by atoms with Gasteiger partial charge in [-0.25, -0.2) is 12.8 Å². The zero-order valence-electron chi connectivity index (χ0n) is 22.0. The highest BCUT2D eigenvalue weighted by molar-refractivity contribution is 7.92. The molecular formula is C28H30Cl2FN3O4S. The van der Waals surface area contributed by atoms with Crippen LogP contribution in [0, 0.1) is 5.82 Å². The van der Waals surface area contributed by atoms with Crippen molar-refractivity contribution in [3.63, 3.8) is 0 Å². The van der Waals surface area contributed by atoms with Gasteiger partial charge in [-0.1, -0.05) is 53.5 Å². The van der Waals surface area contributed by atoms with Gasteiger partial charge in [-0.05, 0) is 75.7 Å². The third-order valence-electron chi connectivity index (χ3n) is 5.71. The normalized spacial score (nSPS) is 12.5. The van der Waals surface area contributed by atoms with Crippen molar-refractivity contribution in [1.82, 2.24) is 10.2 Å². The number of hydrogen-bond acceptors (Lipinski definition) is 4. The van der Waals surface area contributed by atoms with Crippen LogP contribution in [0.1, 0.15) is 33.3 Å². The summed E-state index contributed by atoms with van der Waals surface area (Å²) in [6.45, 7) is 6.32. The van der Waals surface area contributed by atoms with Gasteiger partial charge in [0.25, 0.3) is 10.0 Å². The van der Waals surface area contributed by atoms with Crippen molar-refractivity contribution in [2.75, 3.05) is 10.8 Å². The lowest BCUT2D eigenvalue weighted by molar-refractivity contribution is -0.140. The van der Waals surface area contributed by atoms with Crippen molar-refractivity contribution >= 4 is 50.7 Å². The van der Waals surface area contributed by atoms with Crippen molar-refractivity contribution < 1.29 is 22.4 Å². The molecule has 1 atom stereocenters. The monoisotopic (exact) mass is 593 g/mol. The van der Waals surface area contributed by atoms with Crippen LogP contribution in [0.15, 0.2) is 77.7 Å².